The van der Waals surface area contributed by atoms with Crippen molar-refractivity contribution < 1.29 is 67.2 Å². The summed E-state index contributed by atoms with van der Waals surface area (Å²) >= 11 is 0. The van der Waals surface area contributed by atoms with Crippen LogP contribution in [0.5, 0.6) is 0 Å². The third-order valence-electron chi connectivity index (χ3n) is 14.4. The number of nitrogens with one attached hydrogen (secondary N) is 4. The van der Waals surface area contributed by atoms with Crippen LogP contribution in [0.4, 0.5) is 0 Å². The van der Waals surface area contributed by atoms with Crippen LogP contribution in [0.2, 0.25) is 0 Å². The third-order valence-corrected chi connectivity index (χ3v) is 14.4. The summed E-state index contributed by atoms with van der Waals surface area (Å²) in [5.74, 6) is -4.45. The van der Waals surface area contributed by atoms with Crippen LogP contribution >= 0.6 is 0 Å². The average molecular weight is 1100 g/mol. The van der Waals surface area contributed by atoms with Gasteiger partial charge in [-0.15, -0.1) is 6.42 Å². The Kier molecular flexibility index (Phi) is 30.2. The number of benzene rings is 1. The molecule has 438 valence electrons. The van der Waals surface area contributed by atoms with Gasteiger partial charge in [0.25, 0.3) is 5.91 Å². The van der Waals surface area contributed by atoms with Crippen LogP contribution in [0, 0.1) is 36.0 Å². The monoisotopic (exact) mass is 1100 g/mol. The van der Waals surface area contributed by atoms with Crippen molar-refractivity contribution in [1.82, 2.24) is 40.9 Å². The van der Waals surface area contributed by atoms with Gasteiger partial charge in [-0.3, -0.25) is 38.4 Å². The molecule has 22 heteroatoms. The molecule has 1 aromatic rings. The molecule has 78 heavy (non-hydrogen) atoms. The van der Waals surface area contributed by atoms with E-state index in [0.29, 0.717) is 25.8 Å². The summed E-state index contributed by atoms with van der Waals surface area (Å²) in [6, 6.07) is 3.91. The first-order chi connectivity index (χ1) is 36.9. The summed E-state index contributed by atoms with van der Waals surface area (Å²) in [5.41, 5.74) is 0.836. The Morgan fingerprint density at radius 3 is 2.00 bits per heavy atom. The van der Waals surface area contributed by atoms with Gasteiger partial charge in [-0.05, 0) is 49.0 Å². The standard InChI is InChI=1S/C56H90N8O14/c1-15-37(7)50(43(75-12)34-47(69)64-27-20-23-42(64)51(76-13)38(8)52(70)59-41(56(74)77-14)33-40-21-18-17-19-22-40)62(11)55(73)48(35(3)4)60-53(71)49(36(5)6)61(10)54(72)39(9)58-45(67)25-29-63(46(68)16-2)28-24-44(66)57-26-31-78-32-30-65/h2,17-19,21-22,35-39,41-43,48-51,65H,15,20,23-34H2,1,3-14H3,(H,57,66)(H,58,67)(H,59,70)(H,60,71)/t37-,38+,39?,41-,42-,43+,48-,49+,50-,51+/m0/s1. The van der Waals surface area contributed by atoms with Gasteiger partial charge in [0.15, 0.2) is 0 Å². The van der Waals surface area contributed by atoms with Gasteiger partial charge in [-0.2, -0.15) is 0 Å². The van der Waals surface area contributed by atoms with Crippen molar-refractivity contribution in [2.45, 2.75) is 149 Å². The number of nitrogens with zero attached hydrogens (tertiary/aromatic N) is 4. The quantitative estimate of drug-likeness (QED) is 0.0370. The van der Waals surface area contributed by atoms with Gasteiger partial charge in [0.1, 0.15) is 24.2 Å². The molecule has 5 N–H and O–H groups in total. The molecule has 22 nitrogen and oxygen atoms in total. The number of aliphatic hydroxyl groups is 1. The lowest BCUT2D eigenvalue weighted by Crippen LogP contribution is -2.61. The highest BCUT2D eigenvalue weighted by atomic mass is 16.5. The number of ether oxygens (including phenoxy) is 4. The Morgan fingerprint density at radius 1 is 0.808 bits per heavy atom. The maximum absolute atomic E-state index is 14.7. The van der Waals surface area contributed by atoms with Gasteiger partial charge in [0.2, 0.25) is 41.4 Å². The first-order valence-electron chi connectivity index (χ1n) is 27.1. The Labute approximate surface area is 462 Å². The van der Waals surface area contributed by atoms with Crippen LogP contribution < -0.4 is 21.3 Å². The smallest absolute Gasteiger partial charge is 0.328 e. The normalized spacial score (nSPS) is 16.7. The zero-order chi connectivity index (χ0) is 58.8. The predicted octanol–water partition coefficient (Wildman–Crippen LogP) is 1.30. The second-order valence-electron chi connectivity index (χ2n) is 20.6. The molecule has 0 aliphatic carbocycles. The molecule has 0 saturated carbocycles. The number of aliphatic hydroxyl groups excluding tert-OH is 1. The molecule has 1 aliphatic heterocycles. The summed E-state index contributed by atoms with van der Waals surface area (Å²) in [5, 5.41) is 19.8. The first-order valence-corrected chi connectivity index (χ1v) is 27.1. The SMILES string of the molecule is C#CC(=O)N(CCC(=O)NCCOCCO)CCC(=O)NC(C)C(=O)N(C)[C@@H](C(=O)N[C@H](C(=O)N(C)[C@@H]([C@@H](C)CC)[C@@H](CC(=O)N1CCC[C@H]1[C@H](OC)[C@@H](C)C(=O)N[C@@H](Cc1ccccc1)C(=O)OC)OC)C(C)C)C(C)C. The van der Waals surface area contributed by atoms with Crippen molar-refractivity contribution in [3.63, 3.8) is 0 Å². The fourth-order valence-corrected chi connectivity index (χ4v) is 9.91. The largest absolute Gasteiger partial charge is 0.467 e. The summed E-state index contributed by atoms with van der Waals surface area (Å²) < 4.78 is 22.1. The minimum absolute atomic E-state index is 0.0686. The van der Waals surface area contributed by atoms with Crippen LogP contribution in [0.3, 0.4) is 0 Å². The van der Waals surface area contributed by atoms with E-state index in [1.165, 1.54) is 50.0 Å². The second kappa shape index (κ2) is 34.7. The molecular weight excluding hydrogens is 1010 g/mol. The molecule has 0 aromatic heterocycles. The lowest BCUT2D eigenvalue weighted by molar-refractivity contribution is -0.149. The van der Waals surface area contributed by atoms with Gasteiger partial charge >= 0.3 is 5.97 Å². The number of likely N-dealkylation sites (N-methyl/N-ethyl adjacent to an activating group) is 2. The van der Waals surface area contributed by atoms with Gasteiger partial charge < -0.3 is 64.9 Å². The molecule has 1 saturated heterocycles. The van der Waals surface area contributed by atoms with Crippen LogP contribution in [0.25, 0.3) is 0 Å². The van der Waals surface area contributed by atoms with Crippen LogP contribution in [0.1, 0.15) is 99.5 Å². The average Bonchev–Trinajstić information content (AvgIpc) is 3.91. The molecule has 8 amide bonds. The summed E-state index contributed by atoms with van der Waals surface area (Å²) in [4.78, 5) is 128. The molecule has 1 aliphatic rings. The summed E-state index contributed by atoms with van der Waals surface area (Å²) in [6.07, 6.45) is 5.40. The highest BCUT2D eigenvalue weighted by Gasteiger charge is 2.44. The van der Waals surface area contributed by atoms with E-state index in [2.05, 4.69) is 21.3 Å². The fourth-order valence-electron chi connectivity index (χ4n) is 9.91. The zero-order valence-electron chi connectivity index (χ0n) is 48.3. The number of amides is 8. The van der Waals surface area contributed by atoms with Crippen molar-refractivity contribution >= 4 is 53.2 Å². The number of hydrogen-bond acceptors (Lipinski definition) is 14. The minimum Gasteiger partial charge on any atom is -0.467 e. The van der Waals surface area contributed by atoms with Crippen LogP contribution in [0.15, 0.2) is 30.3 Å². The summed E-state index contributed by atoms with van der Waals surface area (Å²) in [6.45, 7) is 14.7. The van der Waals surface area contributed by atoms with E-state index in [4.69, 9.17) is 30.5 Å². The maximum Gasteiger partial charge on any atom is 0.328 e. The van der Waals surface area contributed by atoms with E-state index in [1.54, 1.807) is 46.6 Å². The minimum atomic E-state index is -1.11. The molecule has 1 fully saturated rings. The second-order valence-corrected chi connectivity index (χ2v) is 20.6. The van der Waals surface area contributed by atoms with E-state index in [0.717, 1.165) is 5.56 Å². The molecule has 2 rings (SSSR count). The Hall–Kier alpha value is -6.15. The third kappa shape index (κ3) is 20.6. The van der Waals surface area contributed by atoms with Crippen molar-refractivity contribution in [3.8, 4) is 12.3 Å². The van der Waals surface area contributed by atoms with Gasteiger partial charge in [0, 0.05) is 73.8 Å². The van der Waals surface area contributed by atoms with E-state index < -0.39 is 108 Å². The Balaban J connectivity index is 2.21. The molecule has 1 heterocycles. The number of hydrogen-bond donors (Lipinski definition) is 5. The lowest BCUT2D eigenvalue weighted by Gasteiger charge is -2.41. The van der Waals surface area contributed by atoms with E-state index in [1.807, 2.05) is 50.1 Å². The molecule has 0 spiro atoms. The number of carbonyl (C=O) groups excluding carboxylic acids is 9. The molecule has 0 bridgehead atoms. The highest BCUT2D eigenvalue weighted by molar-refractivity contribution is 5.95. The summed E-state index contributed by atoms with van der Waals surface area (Å²) in [7, 11) is 7.29. The molecule has 10 atom stereocenters. The van der Waals surface area contributed by atoms with Crippen LogP contribution in [-0.4, -0.2) is 208 Å². The topological polar surface area (TPSA) is 272 Å². The predicted molar refractivity (Wildman–Crippen MR) is 292 cm³/mol. The number of esters is 1. The van der Waals surface area contributed by atoms with Gasteiger partial charge in [-0.1, -0.05) is 85.2 Å². The van der Waals surface area contributed by atoms with Gasteiger partial charge in [-0.25, -0.2) is 4.79 Å². The van der Waals surface area contributed by atoms with Crippen molar-refractivity contribution in [1.29, 1.82) is 0 Å². The van der Waals surface area contributed by atoms with E-state index >= 15 is 0 Å². The molecular formula is C56H90N8O14. The Morgan fingerprint density at radius 2 is 1.45 bits per heavy atom. The first kappa shape index (κ1) is 68.0. The van der Waals surface area contributed by atoms with Crippen LogP contribution in [-0.2, 0) is 68.5 Å². The Bertz CT molecular complexity index is 2160. The number of methoxy groups -OCH3 is 3. The fraction of sp³-hybridized carbons (Fsp3) is 0.696. The number of carbonyl (C=O) groups is 9. The highest BCUT2D eigenvalue weighted by Crippen LogP contribution is 2.30. The van der Waals surface area contributed by atoms with E-state index in [-0.39, 0.29) is 82.9 Å². The maximum atomic E-state index is 14.7. The number of rotatable bonds is 34. The number of terminal acetylenes is 1. The zero-order valence-corrected chi connectivity index (χ0v) is 48.3. The van der Waals surface area contributed by atoms with Crippen molar-refractivity contribution in [2.75, 3.05) is 81.4 Å². The molecule has 0 radical (unpaired) electrons. The van der Waals surface area contributed by atoms with Crippen molar-refractivity contribution in [3.05, 3.63) is 35.9 Å². The molecule has 1 aromatic carbocycles. The lowest BCUT2D eigenvalue weighted by atomic mass is 9.89. The number of likely N-dealkylation sites (tertiary alicyclic amines) is 1. The van der Waals surface area contributed by atoms with Crippen molar-refractivity contribution in [2.24, 2.45) is 23.7 Å². The van der Waals surface area contributed by atoms with Gasteiger partial charge in [0.05, 0.1) is 63.6 Å². The molecule has 1 unspecified atom stereocenters. The van der Waals surface area contributed by atoms with E-state index in [9.17, 15) is 43.2 Å².